The summed E-state index contributed by atoms with van der Waals surface area (Å²) in [6.45, 7) is 8.36. The van der Waals surface area contributed by atoms with E-state index in [1.54, 1.807) is 0 Å². The Morgan fingerprint density at radius 1 is 0.526 bits per heavy atom. The van der Waals surface area contributed by atoms with Crippen molar-refractivity contribution in [1.29, 1.82) is 0 Å². The molecule has 1 aliphatic heterocycles. The van der Waals surface area contributed by atoms with Crippen molar-refractivity contribution in [2.75, 3.05) is 0 Å². The molecule has 184 valence electrons. The lowest BCUT2D eigenvalue weighted by molar-refractivity contribution is 0.00578. The molecule has 4 heteroatoms. The molecule has 5 aromatic carbocycles. The van der Waals surface area contributed by atoms with E-state index in [9.17, 15) is 0 Å². The Hall–Kier alpha value is -3.86. The summed E-state index contributed by atoms with van der Waals surface area (Å²) in [6, 6.07) is 32.6. The third kappa shape index (κ3) is 2.87. The Morgan fingerprint density at radius 2 is 1.18 bits per heavy atom. The highest BCUT2D eigenvalue weighted by Gasteiger charge is 2.52. The summed E-state index contributed by atoms with van der Waals surface area (Å²) in [7, 11) is -0.455. The maximum Gasteiger partial charge on any atom is 0.495 e. The quantitative estimate of drug-likeness (QED) is 0.226. The first-order chi connectivity index (χ1) is 18.3. The van der Waals surface area contributed by atoms with Crippen LogP contribution in [0.4, 0.5) is 0 Å². The maximum absolute atomic E-state index is 6.45. The van der Waals surface area contributed by atoms with Crippen LogP contribution in [0, 0.1) is 0 Å². The van der Waals surface area contributed by atoms with Crippen LogP contribution in [0.1, 0.15) is 27.7 Å². The molecule has 0 amide bonds. The zero-order valence-electron chi connectivity index (χ0n) is 22.0. The SMILES string of the molecule is CC1(C)OB(c2cccc3oc4ccc(-c5ccc6c7c(cccc57)-c5ccccc5-6)cc4c23)OC1(C)C. The molecule has 2 aliphatic rings. The Bertz CT molecular complexity index is 1900. The van der Waals surface area contributed by atoms with Crippen molar-refractivity contribution in [2.24, 2.45) is 0 Å². The number of fused-ring (bicyclic) bond motifs is 6. The van der Waals surface area contributed by atoms with Gasteiger partial charge in [0, 0.05) is 10.8 Å². The molecule has 6 aromatic rings. The van der Waals surface area contributed by atoms with Gasteiger partial charge in [0.15, 0.2) is 0 Å². The van der Waals surface area contributed by atoms with E-state index in [1.807, 2.05) is 12.1 Å². The number of benzene rings is 5. The fraction of sp³-hybridized carbons (Fsp3) is 0.176. The molecule has 3 nitrogen and oxygen atoms in total. The van der Waals surface area contributed by atoms with Gasteiger partial charge in [-0.25, -0.2) is 0 Å². The monoisotopic (exact) mass is 494 g/mol. The van der Waals surface area contributed by atoms with E-state index in [0.717, 1.165) is 27.4 Å². The smallest absolute Gasteiger partial charge is 0.456 e. The van der Waals surface area contributed by atoms with Crippen molar-refractivity contribution in [3.63, 3.8) is 0 Å². The second-order valence-electron chi connectivity index (χ2n) is 11.6. The van der Waals surface area contributed by atoms with Crippen LogP contribution in [-0.2, 0) is 9.31 Å². The zero-order valence-corrected chi connectivity index (χ0v) is 22.0. The van der Waals surface area contributed by atoms with Gasteiger partial charge in [-0.1, -0.05) is 72.8 Å². The lowest BCUT2D eigenvalue weighted by Gasteiger charge is -2.32. The second-order valence-corrected chi connectivity index (χ2v) is 11.6. The van der Waals surface area contributed by atoms with Gasteiger partial charge in [-0.15, -0.1) is 0 Å². The first-order valence-corrected chi connectivity index (χ1v) is 13.3. The van der Waals surface area contributed by atoms with Crippen molar-refractivity contribution in [1.82, 2.24) is 0 Å². The average Bonchev–Trinajstić information content (AvgIpc) is 3.52. The normalized spacial score (nSPS) is 17.1. The van der Waals surface area contributed by atoms with Crippen LogP contribution in [-0.4, -0.2) is 18.3 Å². The molecule has 0 saturated carbocycles. The minimum absolute atomic E-state index is 0.410. The van der Waals surface area contributed by atoms with E-state index >= 15 is 0 Å². The van der Waals surface area contributed by atoms with Crippen molar-refractivity contribution in [3.8, 4) is 33.4 Å². The van der Waals surface area contributed by atoms with Crippen LogP contribution in [0.25, 0.3) is 66.1 Å². The van der Waals surface area contributed by atoms with E-state index in [2.05, 4.69) is 107 Å². The molecule has 0 atom stereocenters. The maximum atomic E-state index is 6.45. The standard InChI is InChI=1S/C34H27BO3/c1-33(2)34(3,4)38-35(37-33)28-13-8-14-30-32(28)27-19-20(15-18-29(27)36-30)21-16-17-26-23-10-6-5-9-22(23)25-12-7-11-24(21)31(25)26/h5-19H,1-4H3. The van der Waals surface area contributed by atoms with Crippen molar-refractivity contribution in [2.45, 2.75) is 38.9 Å². The molecular formula is C34H27BO3. The van der Waals surface area contributed by atoms with Gasteiger partial charge in [-0.05, 0) is 95.5 Å². The van der Waals surface area contributed by atoms with Crippen molar-refractivity contribution in [3.05, 3.63) is 91.0 Å². The molecule has 1 saturated heterocycles. The number of hydrogen-bond donors (Lipinski definition) is 0. The molecular weight excluding hydrogens is 467 g/mol. The summed E-state index contributed by atoms with van der Waals surface area (Å²) in [5, 5.41) is 4.74. The summed E-state index contributed by atoms with van der Waals surface area (Å²) in [4.78, 5) is 0. The van der Waals surface area contributed by atoms with Crippen molar-refractivity contribution < 1.29 is 13.7 Å². The number of hydrogen-bond acceptors (Lipinski definition) is 3. The van der Waals surface area contributed by atoms with Crippen LogP contribution in [0.3, 0.4) is 0 Å². The predicted octanol–water partition coefficient (Wildman–Crippen LogP) is 8.35. The van der Waals surface area contributed by atoms with Gasteiger partial charge in [0.2, 0.25) is 0 Å². The largest absolute Gasteiger partial charge is 0.495 e. The lowest BCUT2D eigenvalue weighted by Crippen LogP contribution is -2.41. The third-order valence-corrected chi connectivity index (χ3v) is 8.89. The Balaban J connectivity index is 1.34. The summed E-state index contributed by atoms with van der Waals surface area (Å²) >= 11 is 0. The van der Waals surface area contributed by atoms with Crippen LogP contribution < -0.4 is 5.46 Å². The topological polar surface area (TPSA) is 31.6 Å². The molecule has 1 aromatic heterocycles. The molecule has 2 heterocycles. The average molecular weight is 494 g/mol. The van der Waals surface area contributed by atoms with Gasteiger partial charge in [-0.2, -0.15) is 0 Å². The fourth-order valence-corrected chi connectivity index (χ4v) is 6.25. The van der Waals surface area contributed by atoms with Gasteiger partial charge in [0.25, 0.3) is 0 Å². The minimum Gasteiger partial charge on any atom is -0.456 e. The second kappa shape index (κ2) is 7.38. The van der Waals surface area contributed by atoms with Gasteiger partial charge in [-0.3, -0.25) is 0 Å². The Morgan fingerprint density at radius 3 is 1.95 bits per heavy atom. The molecule has 0 N–H and O–H groups in total. The van der Waals surface area contributed by atoms with Gasteiger partial charge >= 0.3 is 7.12 Å². The lowest BCUT2D eigenvalue weighted by atomic mass is 9.76. The van der Waals surface area contributed by atoms with Crippen LogP contribution in [0.2, 0.25) is 0 Å². The molecule has 0 unspecified atom stereocenters. The van der Waals surface area contributed by atoms with Crippen LogP contribution in [0.5, 0.6) is 0 Å². The molecule has 0 bridgehead atoms. The van der Waals surface area contributed by atoms with E-state index in [0.29, 0.717) is 0 Å². The highest BCUT2D eigenvalue weighted by atomic mass is 16.7. The Kier molecular flexibility index (Phi) is 4.30. The van der Waals surface area contributed by atoms with Crippen molar-refractivity contribution >= 4 is 45.3 Å². The highest BCUT2D eigenvalue weighted by molar-refractivity contribution is 6.66. The highest BCUT2D eigenvalue weighted by Crippen LogP contribution is 2.49. The first kappa shape index (κ1) is 22.2. The molecule has 1 aliphatic carbocycles. The molecule has 8 rings (SSSR count). The summed E-state index contributed by atoms with van der Waals surface area (Å²) in [6.07, 6.45) is 0. The zero-order chi connectivity index (χ0) is 25.8. The molecule has 38 heavy (non-hydrogen) atoms. The molecule has 0 radical (unpaired) electrons. The summed E-state index contributed by atoms with van der Waals surface area (Å²) < 4.78 is 19.2. The summed E-state index contributed by atoms with van der Waals surface area (Å²) in [5.74, 6) is 0. The van der Waals surface area contributed by atoms with Gasteiger partial charge < -0.3 is 13.7 Å². The van der Waals surface area contributed by atoms with Crippen LogP contribution >= 0.6 is 0 Å². The van der Waals surface area contributed by atoms with E-state index in [-0.39, 0.29) is 0 Å². The third-order valence-electron chi connectivity index (χ3n) is 8.89. The van der Waals surface area contributed by atoms with Gasteiger partial charge in [0.05, 0.1) is 11.2 Å². The first-order valence-electron chi connectivity index (χ1n) is 13.3. The predicted molar refractivity (Wildman–Crippen MR) is 157 cm³/mol. The Labute approximate surface area is 222 Å². The molecule has 1 fully saturated rings. The number of rotatable bonds is 2. The summed E-state index contributed by atoms with van der Waals surface area (Å²) in [5.41, 5.74) is 9.55. The van der Waals surface area contributed by atoms with E-state index < -0.39 is 18.3 Å². The van der Waals surface area contributed by atoms with Gasteiger partial charge in [0.1, 0.15) is 11.2 Å². The number of furan rings is 1. The van der Waals surface area contributed by atoms with E-state index in [1.165, 1.54) is 44.2 Å². The van der Waals surface area contributed by atoms with Crippen LogP contribution in [0.15, 0.2) is 95.4 Å². The minimum atomic E-state index is -0.455. The van der Waals surface area contributed by atoms with E-state index in [4.69, 9.17) is 13.7 Å². The molecule has 0 spiro atoms. The fourth-order valence-electron chi connectivity index (χ4n) is 6.25.